The molecule has 40 heavy (non-hydrogen) atoms. The van der Waals surface area contributed by atoms with E-state index in [1.807, 2.05) is 4.90 Å². The number of anilines is 2. The average molecular weight is 589 g/mol. The molecule has 3 amide bonds. The van der Waals surface area contributed by atoms with E-state index < -0.39 is 35.7 Å². The molecule has 2 aliphatic rings. The Morgan fingerprint density at radius 2 is 1.65 bits per heavy atom. The lowest BCUT2D eigenvalue weighted by Crippen LogP contribution is -2.50. The topological polar surface area (TPSA) is 80.0 Å². The molecule has 2 aromatic carbocycles. The van der Waals surface area contributed by atoms with Crippen LogP contribution >= 0.6 is 11.6 Å². The van der Waals surface area contributed by atoms with Crippen LogP contribution < -0.4 is 20.9 Å². The summed E-state index contributed by atoms with van der Waals surface area (Å²) in [5.41, 5.74) is 0.190. The average Bonchev–Trinajstić information content (AvgIpc) is 2.94. The lowest BCUT2D eigenvalue weighted by atomic mass is 10.1. The molecule has 0 spiro atoms. The van der Waals surface area contributed by atoms with Gasteiger partial charge in [0, 0.05) is 76.0 Å². The number of amides is 3. The van der Waals surface area contributed by atoms with E-state index in [1.54, 1.807) is 15.9 Å². The van der Waals surface area contributed by atoms with E-state index in [2.05, 4.69) is 16.0 Å². The van der Waals surface area contributed by atoms with Gasteiger partial charge in [-0.25, -0.2) is 13.6 Å². The number of halogens is 6. The van der Waals surface area contributed by atoms with Crippen LogP contribution in [0.5, 0.6) is 0 Å². The maximum atomic E-state index is 14.9. The molecule has 0 saturated carbocycles. The second-order valence-corrected chi connectivity index (χ2v) is 10.0. The lowest BCUT2D eigenvalue weighted by molar-refractivity contribution is -0.138. The van der Waals surface area contributed by atoms with Gasteiger partial charge in [0.05, 0.1) is 23.4 Å². The fourth-order valence-electron chi connectivity index (χ4n) is 4.61. The van der Waals surface area contributed by atoms with Crippen LogP contribution in [0.1, 0.15) is 22.3 Å². The summed E-state index contributed by atoms with van der Waals surface area (Å²) in [5.74, 6) is -3.47. The molecular formula is C26H30ClF5N6O2. The number of rotatable bonds is 7. The molecule has 8 nitrogen and oxygen atoms in total. The van der Waals surface area contributed by atoms with Crippen molar-refractivity contribution >= 4 is 34.9 Å². The van der Waals surface area contributed by atoms with Gasteiger partial charge in [0.2, 0.25) is 0 Å². The molecule has 14 heteroatoms. The van der Waals surface area contributed by atoms with Crippen molar-refractivity contribution in [3.63, 3.8) is 0 Å². The Bertz CT molecular complexity index is 1220. The number of hydrogen-bond acceptors (Lipinski definition) is 5. The molecule has 218 valence electrons. The Kier molecular flexibility index (Phi) is 9.69. The van der Waals surface area contributed by atoms with Crippen LogP contribution in [0.25, 0.3) is 0 Å². The highest BCUT2D eigenvalue weighted by molar-refractivity contribution is 6.31. The van der Waals surface area contributed by atoms with E-state index in [-0.39, 0.29) is 24.7 Å². The lowest BCUT2D eigenvalue weighted by Gasteiger charge is -2.37. The minimum atomic E-state index is -4.23. The second-order valence-electron chi connectivity index (χ2n) is 9.61. The van der Waals surface area contributed by atoms with Crippen molar-refractivity contribution < 1.29 is 31.5 Å². The van der Waals surface area contributed by atoms with Crippen molar-refractivity contribution in [1.29, 1.82) is 0 Å². The van der Waals surface area contributed by atoms with E-state index in [0.29, 0.717) is 68.8 Å². The monoisotopic (exact) mass is 588 g/mol. The fraction of sp³-hybridized carbons (Fsp3) is 0.462. The predicted molar refractivity (Wildman–Crippen MR) is 142 cm³/mol. The van der Waals surface area contributed by atoms with Gasteiger partial charge in [0.1, 0.15) is 0 Å². The van der Waals surface area contributed by atoms with Gasteiger partial charge >= 0.3 is 12.2 Å². The van der Waals surface area contributed by atoms with Crippen molar-refractivity contribution in [2.45, 2.75) is 19.1 Å². The molecule has 3 N–H and O–H groups in total. The Morgan fingerprint density at radius 1 is 0.950 bits per heavy atom. The van der Waals surface area contributed by atoms with E-state index in [0.717, 1.165) is 6.07 Å². The summed E-state index contributed by atoms with van der Waals surface area (Å²) in [7, 11) is 0. The van der Waals surface area contributed by atoms with Crippen LogP contribution in [0.15, 0.2) is 30.3 Å². The summed E-state index contributed by atoms with van der Waals surface area (Å²) >= 11 is 6.16. The minimum Gasteiger partial charge on any atom is -0.367 e. The van der Waals surface area contributed by atoms with Crippen molar-refractivity contribution in [3.05, 3.63) is 58.1 Å². The number of benzene rings is 2. The zero-order valence-electron chi connectivity index (χ0n) is 21.6. The number of carbonyl (C=O) groups excluding carboxylic acids is 2. The molecule has 0 aromatic heterocycles. The van der Waals surface area contributed by atoms with E-state index in [1.165, 1.54) is 18.2 Å². The fourth-order valence-corrected chi connectivity index (χ4v) is 4.78. The molecular weight excluding hydrogens is 559 g/mol. The van der Waals surface area contributed by atoms with Crippen LogP contribution in [-0.2, 0) is 6.54 Å². The highest BCUT2D eigenvalue weighted by Gasteiger charge is 2.29. The number of nitrogens with one attached hydrogen (secondary N) is 3. The van der Waals surface area contributed by atoms with E-state index in [9.17, 15) is 31.5 Å². The molecule has 2 saturated heterocycles. The Morgan fingerprint density at radius 3 is 2.33 bits per heavy atom. The largest absolute Gasteiger partial charge is 0.390 e. The number of nitrogens with zero attached hydrogens (tertiary/aromatic N) is 3. The van der Waals surface area contributed by atoms with Gasteiger partial charge in [-0.3, -0.25) is 9.69 Å². The van der Waals surface area contributed by atoms with Gasteiger partial charge in [-0.1, -0.05) is 17.7 Å². The molecule has 0 aliphatic carbocycles. The van der Waals surface area contributed by atoms with E-state index in [4.69, 9.17) is 11.6 Å². The molecule has 2 aliphatic heterocycles. The van der Waals surface area contributed by atoms with Crippen LogP contribution in [-0.4, -0.2) is 86.8 Å². The maximum Gasteiger partial charge on any atom is 0.390 e. The predicted octanol–water partition coefficient (Wildman–Crippen LogP) is 4.06. The number of urea groups is 1. The van der Waals surface area contributed by atoms with Crippen molar-refractivity contribution in [2.75, 3.05) is 69.1 Å². The van der Waals surface area contributed by atoms with Gasteiger partial charge in [-0.05, 0) is 24.3 Å². The maximum absolute atomic E-state index is 14.9. The van der Waals surface area contributed by atoms with Crippen LogP contribution in [0.2, 0.25) is 5.02 Å². The summed E-state index contributed by atoms with van der Waals surface area (Å²) in [6.07, 6.45) is -5.12. The molecule has 0 atom stereocenters. The van der Waals surface area contributed by atoms with Crippen molar-refractivity contribution in [3.8, 4) is 0 Å². The van der Waals surface area contributed by atoms with Gasteiger partial charge in [0.25, 0.3) is 5.91 Å². The third-order valence-electron chi connectivity index (χ3n) is 6.87. The SMILES string of the molecule is O=C(Nc1ccc(Cl)cc1N1CCN(CCC(F)(F)F)CC1)c1ccc(CNC(=O)N2CCNCC2)c(F)c1F. The van der Waals surface area contributed by atoms with Crippen molar-refractivity contribution in [1.82, 2.24) is 20.4 Å². The first-order chi connectivity index (χ1) is 19.0. The zero-order chi connectivity index (χ0) is 28.9. The van der Waals surface area contributed by atoms with Crippen LogP contribution in [0.3, 0.4) is 0 Å². The molecule has 2 aromatic rings. The Hall–Kier alpha value is -3.16. The zero-order valence-corrected chi connectivity index (χ0v) is 22.3. The highest BCUT2D eigenvalue weighted by atomic mass is 35.5. The first-order valence-electron chi connectivity index (χ1n) is 12.9. The number of hydrogen-bond donors (Lipinski definition) is 3. The van der Waals surface area contributed by atoms with Gasteiger partial charge < -0.3 is 25.8 Å². The summed E-state index contributed by atoms with van der Waals surface area (Å²) in [5, 5.41) is 8.65. The summed E-state index contributed by atoms with van der Waals surface area (Å²) in [6, 6.07) is 6.66. The number of alkyl halides is 3. The third kappa shape index (κ3) is 7.73. The summed E-state index contributed by atoms with van der Waals surface area (Å²) in [6.45, 7) is 3.48. The first-order valence-corrected chi connectivity index (χ1v) is 13.2. The quantitative estimate of drug-likeness (QED) is 0.425. The Labute approximate surface area is 233 Å². The number of piperazine rings is 2. The summed E-state index contributed by atoms with van der Waals surface area (Å²) in [4.78, 5) is 30.4. The van der Waals surface area contributed by atoms with Gasteiger partial charge in [-0.2, -0.15) is 13.2 Å². The van der Waals surface area contributed by atoms with Gasteiger partial charge in [-0.15, -0.1) is 0 Å². The van der Waals surface area contributed by atoms with E-state index >= 15 is 0 Å². The normalized spacial score (nSPS) is 16.6. The second kappa shape index (κ2) is 13.0. The highest BCUT2D eigenvalue weighted by Crippen LogP contribution is 2.31. The number of carbonyl (C=O) groups is 2. The first kappa shape index (κ1) is 29.8. The minimum absolute atomic E-state index is 0.100. The molecule has 2 fully saturated rings. The molecule has 2 heterocycles. The molecule has 4 rings (SSSR count). The smallest absolute Gasteiger partial charge is 0.367 e. The van der Waals surface area contributed by atoms with Crippen LogP contribution in [0.4, 0.5) is 38.1 Å². The molecule has 0 unspecified atom stereocenters. The summed E-state index contributed by atoms with van der Waals surface area (Å²) < 4.78 is 67.4. The standard InChI is InChI=1S/C26H30ClF5N6O2/c27-18-2-4-20(21(15-18)37-13-11-36(12-14-37)8-5-26(30,31)32)35-24(39)19-3-1-17(22(28)23(19)29)16-34-25(40)38-9-6-33-7-10-38/h1-4,15,33H,5-14,16H2,(H,34,40)(H,35,39). The molecule has 0 radical (unpaired) electrons. The third-order valence-corrected chi connectivity index (χ3v) is 7.11. The van der Waals surface area contributed by atoms with Crippen LogP contribution in [0, 0.1) is 11.6 Å². The van der Waals surface area contributed by atoms with Gasteiger partial charge in [0.15, 0.2) is 11.6 Å². The van der Waals surface area contributed by atoms with Crippen molar-refractivity contribution in [2.24, 2.45) is 0 Å². The molecule has 0 bridgehead atoms. The Balaban J connectivity index is 1.40.